The second-order valence-electron chi connectivity index (χ2n) is 0. The van der Waals surface area contributed by atoms with Crippen molar-refractivity contribution in [2.75, 3.05) is 0 Å². The summed E-state index contributed by atoms with van der Waals surface area (Å²) < 4.78 is 0. The van der Waals surface area contributed by atoms with Crippen molar-refractivity contribution in [2.45, 2.75) is 0 Å². The van der Waals surface area contributed by atoms with Crippen molar-refractivity contribution in [3.63, 3.8) is 0 Å². The van der Waals surface area contributed by atoms with Crippen LogP contribution >= 0.6 is 0 Å². The molecule has 0 saturated heterocycles. The molecular weight excluding hydrogens is 764 g/mol. The van der Waals surface area contributed by atoms with E-state index in [1.807, 2.05) is 0 Å². The summed E-state index contributed by atoms with van der Waals surface area (Å²) >= 11 is 0. The van der Waals surface area contributed by atoms with Gasteiger partial charge in [0.15, 0.2) is 0 Å². The van der Waals surface area contributed by atoms with Gasteiger partial charge in [-0.15, -0.1) is 0 Å². The van der Waals surface area contributed by atoms with Crippen molar-refractivity contribution in [3.8, 4) is 0 Å². The fraction of sp³-hybridized carbons (Fsp3) is 0. The van der Waals surface area contributed by atoms with Crippen LogP contribution in [0.4, 0.5) is 0 Å². The molecule has 0 fully saturated rings. The summed E-state index contributed by atoms with van der Waals surface area (Å²) in [6.07, 6.45) is 0. The third kappa shape index (κ3) is 9.52. The molecule has 0 N–H and O–H groups in total. The Kier molecular flexibility index (Phi) is 94.3. The van der Waals surface area contributed by atoms with E-state index in [-0.39, 0.29) is 127 Å². The Bertz CT molecular complexity index is 3.25. The summed E-state index contributed by atoms with van der Waals surface area (Å²) in [7, 11) is 0. The van der Waals surface area contributed by atoms with Gasteiger partial charge in [0, 0.05) is 127 Å². The molecule has 0 spiro atoms. The maximum absolute atomic E-state index is 0. The Morgan fingerprint density at radius 1 is 0.500 bits per heavy atom. The molecule has 0 aliphatic rings. The number of hydrogen-bond donors (Lipinski definition) is 0. The zero-order valence-electron chi connectivity index (χ0n) is 2.05. The smallest absolute Gasteiger partial charge is 0 e. The van der Waals surface area contributed by atoms with Crippen LogP contribution in [0.15, 0.2) is 0 Å². The first-order chi connectivity index (χ1) is 0. The van der Waals surface area contributed by atoms with E-state index < -0.39 is 0 Å². The fourth-order valence-corrected chi connectivity index (χ4v) is 0. The first kappa shape index (κ1) is 24.1. The molecule has 0 saturated carbocycles. The topological polar surface area (TPSA) is 0 Å². The SMILES string of the molecule is [Ba].[Bi].[Bi].[Bi]. The molecule has 0 amide bonds. The molecule has 0 rings (SSSR count). The van der Waals surface area contributed by atoms with Gasteiger partial charge in [0.2, 0.25) is 0 Å². The maximum atomic E-state index is 0. The normalized spacial score (nSPS) is 0. The van der Waals surface area contributed by atoms with Crippen molar-refractivity contribution in [3.05, 3.63) is 0 Å². The quantitative estimate of drug-likeness (QED) is 0.264. The average molecular weight is 764 g/mol. The van der Waals surface area contributed by atoms with Gasteiger partial charge in [0.05, 0.1) is 0 Å². The number of rotatable bonds is 0. The largest absolute Gasteiger partial charge is 0 e. The zero-order chi connectivity index (χ0) is 0. The fourth-order valence-electron chi connectivity index (χ4n) is 0. The van der Waals surface area contributed by atoms with E-state index in [4.69, 9.17) is 0 Å². The van der Waals surface area contributed by atoms with Gasteiger partial charge >= 0.3 is 0 Å². The summed E-state index contributed by atoms with van der Waals surface area (Å²) in [5.74, 6) is 0. The van der Waals surface area contributed by atoms with E-state index in [2.05, 4.69) is 0 Å². The van der Waals surface area contributed by atoms with Crippen LogP contribution in [-0.2, 0) is 0 Å². The summed E-state index contributed by atoms with van der Waals surface area (Å²) in [5, 5.41) is 0. The molecule has 0 aliphatic heterocycles. The van der Waals surface area contributed by atoms with Crippen LogP contribution in [0.3, 0.4) is 0 Å². The van der Waals surface area contributed by atoms with Crippen LogP contribution < -0.4 is 0 Å². The summed E-state index contributed by atoms with van der Waals surface area (Å²) in [5.41, 5.74) is 0. The van der Waals surface area contributed by atoms with Gasteiger partial charge in [-0.05, 0) is 0 Å². The molecule has 0 unspecified atom stereocenters. The Labute approximate surface area is 124 Å². The van der Waals surface area contributed by atoms with Crippen LogP contribution in [0.5, 0.6) is 0 Å². The van der Waals surface area contributed by atoms with E-state index >= 15 is 0 Å². The molecule has 0 atom stereocenters. The van der Waals surface area contributed by atoms with Gasteiger partial charge in [0.25, 0.3) is 0 Å². The first-order valence-corrected chi connectivity index (χ1v) is 0. The first-order valence-electron chi connectivity index (χ1n) is 0. The molecule has 0 aromatic rings. The van der Waals surface area contributed by atoms with Gasteiger partial charge in [-0.1, -0.05) is 0 Å². The third-order valence-electron chi connectivity index (χ3n) is 0. The summed E-state index contributed by atoms with van der Waals surface area (Å²) in [4.78, 5) is 0. The monoisotopic (exact) mass is 765 g/mol. The molecule has 17 valence electrons. The second-order valence-corrected chi connectivity index (χ2v) is 0. The Hall–Kier alpha value is 4.22. The minimum absolute atomic E-state index is 0. The predicted molar refractivity (Wildman–Crippen MR) is 23.0 cm³/mol. The van der Waals surface area contributed by atoms with E-state index in [0.29, 0.717) is 0 Å². The average Bonchev–Trinajstić information content (AvgIpc) is 0. The van der Waals surface area contributed by atoms with Gasteiger partial charge in [-0.25, -0.2) is 0 Å². The molecule has 4 heteroatoms. The summed E-state index contributed by atoms with van der Waals surface area (Å²) in [6.45, 7) is 0. The van der Waals surface area contributed by atoms with Crippen LogP contribution in [0.1, 0.15) is 0 Å². The Morgan fingerprint density at radius 3 is 0.500 bits per heavy atom. The molecule has 0 aromatic heterocycles. The van der Waals surface area contributed by atoms with Crippen LogP contribution in [-0.4, -0.2) is 127 Å². The van der Waals surface area contributed by atoms with E-state index in [1.54, 1.807) is 0 Å². The standard InChI is InChI=1S/Ba.3Bi. The Balaban J connectivity index is 0. The molecule has 0 heterocycles. The van der Waals surface area contributed by atoms with Crippen molar-refractivity contribution in [1.82, 2.24) is 0 Å². The van der Waals surface area contributed by atoms with Crippen LogP contribution in [0.25, 0.3) is 0 Å². The van der Waals surface area contributed by atoms with Crippen molar-refractivity contribution < 1.29 is 0 Å². The molecule has 0 nitrogen and oxygen atoms in total. The van der Waals surface area contributed by atoms with Crippen LogP contribution in [0, 0.1) is 0 Å². The molecule has 0 aliphatic carbocycles. The predicted octanol–water partition coefficient (Wildman–Crippen LogP) is -1.52. The summed E-state index contributed by atoms with van der Waals surface area (Å²) in [6, 6.07) is 0. The minimum Gasteiger partial charge on any atom is 0 e. The third-order valence-corrected chi connectivity index (χ3v) is 0. The maximum Gasteiger partial charge on any atom is 0 e. The zero-order valence-corrected chi connectivity index (χ0v) is 16.9. The van der Waals surface area contributed by atoms with E-state index in [1.165, 1.54) is 0 Å². The van der Waals surface area contributed by atoms with Crippen molar-refractivity contribution in [2.24, 2.45) is 0 Å². The van der Waals surface area contributed by atoms with Crippen molar-refractivity contribution in [1.29, 1.82) is 0 Å². The Morgan fingerprint density at radius 2 is 0.500 bits per heavy atom. The minimum atomic E-state index is 0. The second kappa shape index (κ2) is 15.7. The van der Waals surface area contributed by atoms with Crippen LogP contribution in [0.2, 0.25) is 0 Å². The van der Waals surface area contributed by atoms with Gasteiger partial charge in [0.1, 0.15) is 0 Å². The number of hydrogen-bond acceptors (Lipinski definition) is 0. The molecule has 11 radical (unpaired) electrons. The van der Waals surface area contributed by atoms with E-state index in [0.717, 1.165) is 0 Å². The van der Waals surface area contributed by atoms with Gasteiger partial charge < -0.3 is 0 Å². The molecule has 0 bridgehead atoms. The van der Waals surface area contributed by atoms with Crippen molar-refractivity contribution >= 4 is 127 Å². The molecule has 4 heavy (non-hydrogen) atoms. The molecule has 0 aromatic carbocycles. The van der Waals surface area contributed by atoms with Gasteiger partial charge in [-0.3, -0.25) is 0 Å². The van der Waals surface area contributed by atoms with Gasteiger partial charge in [-0.2, -0.15) is 0 Å². The molecular formula is BaBi3. The van der Waals surface area contributed by atoms with E-state index in [9.17, 15) is 0 Å².